The SMILES string of the molecule is CCOC(=O)c1cnn(-c2nc(OCc3ccccc3)c3c(ncn3Cc3cccc(N(C)C)c3)n2)c1. The number of fused-ring (bicyclic) bond motifs is 1. The van der Waals surface area contributed by atoms with Crippen LogP contribution in [0.4, 0.5) is 5.69 Å². The van der Waals surface area contributed by atoms with Gasteiger partial charge in [-0.05, 0) is 30.2 Å². The minimum absolute atomic E-state index is 0.242. The highest BCUT2D eigenvalue weighted by atomic mass is 16.5. The normalized spacial score (nSPS) is 11.0. The Morgan fingerprint density at radius 1 is 1.03 bits per heavy atom. The van der Waals surface area contributed by atoms with Crippen LogP contribution in [0.25, 0.3) is 17.1 Å². The Morgan fingerprint density at radius 3 is 2.62 bits per heavy atom. The molecule has 5 aromatic rings. The first-order valence-corrected chi connectivity index (χ1v) is 11.9. The summed E-state index contributed by atoms with van der Waals surface area (Å²) in [5.41, 5.74) is 4.66. The lowest BCUT2D eigenvalue weighted by Gasteiger charge is -2.14. The van der Waals surface area contributed by atoms with Crippen LogP contribution in [-0.4, -0.2) is 56.0 Å². The van der Waals surface area contributed by atoms with Gasteiger partial charge in [0, 0.05) is 32.5 Å². The summed E-state index contributed by atoms with van der Waals surface area (Å²) < 4.78 is 14.7. The predicted octanol–water partition coefficient (Wildman–Crippen LogP) is 3.88. The maximum atomic E-state index is 12.1. The third kappa shape index (κ3) is 5.27. The average molecular weight is 498 g/mol. The maximum absolute atomic E-state index is 12.1. The van der Waals surface area contributed by atoms with Crippen LogP contribution in [0.2, 0.25) is 0 Å². The molecule has 10 heteroatoms. The van der Waals surface area contributed by atoms with E-state index < -0.39 is 5.97 Å². The molecule has 10 nitrogen and oxygen atoms in total. The van der Waals surface area contributed by atoms with E-state index >= 15 is 0 Å². The molecule has 0 radical (unpaired) electrons. The number of nitrogens with zero attached hydrogens (tertiary/aromatic N) is 7. The molecule has 0 aliphatic carbocycles. The molecule has 37 heavy (non-hydrogen) atoms. The topological polar surface area (TPSA) is 100 Å². The van der Waals surface area contributed by atoms with Crippen LogP contribution in [-0.2, 0) is 17.9 Å². The zero-order chi connectivity index (χ0) is 25.8. The monoisotopic (exact) mass is 497 g/mol. The summed E-state index contributed by atoms with van der Waals surface area (Å²) in [5, 5.41) is 4.25. The zero-order valence-corrected chi connectivity index (χ0v) is 20.9. The molecule has 5 rings (SSSR count). The highest BCUT2D eigenvalue weighted by Gasteiger charge is 2.18. The molecule has 0 amide bonds. The molecule has 188 valence electrons. The number of ether oxygens (including phenoxy) is 2. The van der Waals surface area contributed by atoms with Crippen molar-refractivity contribution in [2.24, 2.45) is 0 Å². The van der Waals surface area contributed by atoms with Crippen LogP contribution in [0.15, 0.2) is 73.3 Å². The highest BCUT2D eigenvalue weighted by molar-refractivity contribution is 5.88. The van der Waals surface area contributed by atoms with Crippen molar-refractivity contribution in [3.8, 4) is 11.8 Å². The second-order valence-electron chi connectivity index (χ2n) is 8.61. The van der Waals surface area contributed by atoms with Crippen molar-refractivity contribution >= 4 is 22.8 Å². The number of carbonyl (C=O) groups is 1. The first-order valence-electron chi connectivity index (χ1n) is 11.9. The van der Waals surface area contributed by atoms with Gasteiger partial charge in [-0.3, -0.25) is 0 Å². The Bertz CT molecular complexity index is 1530. The number of rotatable bonds is 9. The molecule has 0 fully saturated rings. The van der Waals surface area contributed by atoms with E-state index in [9.17, 15) is 4.79 Å². The molecule has 0 unspecified atom stereocenters. The summed E-state index contributed by atoms with van der Waals surface area (Å²) in [6.07, 6.45) is 4.68. The van der Waals surface area contributed by atoms with Crippen molar-refractivity contribution < 1.29 is 14.3 Å². The molecular formula is C27H27N7O3. The van der Waals surface area contributed by atoms with Crippen LogP contribution in [0, 0.1) is 0 Å². The van der Waals surface area contributed by atoms with Gasteiger partial charge < -0.3 is 18.9 Å². The number of imidazole rings is 1. The van der Waals surface area contributed by atoms with Gasteiger partial charge in [0.05, 0.1) is 24.7 Å². The van der Waals surface area contributed by atoms with Crippen molar-refractivity contribution in [2.75, 3.05) is 25.6 Å². The number of anilines is 1. The minimum Gasteiger partial charge on any atom is -0.471 e. The summed E-state index contributed by atoms with van der Waals surface area (Å²) in [6.45, 7) is 2.92. The van der Waals surface area contributed by atoms with Gasteiger partial charge in [-0.2, -0.15) is 15.1 Å². The number of benzene rings is 2. The fourth-order valence-electron chi connectivity index (χ4n) is 3.87. The molecule has 0 saturated carbocycles. The number of hydrogen-bond donors (Lipinski definition) is 0. The lowest BCUT2D eigenvalue weighted by molar-refractivity contribution is 0.0526. The third-order valence-corrected chi connectivity index (χ3v) is 5.73. The molecule has 3 aromatic heterocycles. The summed E-state index contributed by atoms with van der Waals surface area (Å²) >= 11 is 0. The van der Waals surface area contributed by atoms with Crippen LogP contribution in [0.1, 0.15) is 28.4 Å². The fourth-order valence-corrected chi connectivity index (χ4v) is 3.87. The van der Waals surface area contributed by atoms with Gasteiger partial charge in [-0.1, -0.05) is 42.5 Å². The van der Waals surface area contributed by atoms with Gasteiger partial charge in [-0.25, -0.2) is 14.5 Å². The van der Waals surface area contributed by atoms with E-state index in [1.165, 1.54) is 17.1 Å². The van der Waals surface area contributed by atoms with Crippen molar-refractivity contribution in [1.82, 2.24) is 29.3 Å². The zero-order valence-electron chi connectivity index (χ0n) is 20.9. The van der Waals surface area contributed by atoms with E-state index in [0.29, 0.717) is 35.8 Å². The smallest absolute Gasteiger partial charge is 0.341 e. The number of esters is 1. The summed E-state index contributed by atoms with van der Waals surface area (Å²) in [4.78, 5) is 28.0. The second kappa shape index (κ2) is 10.5. The van der Waals surface area contributed by atoms with Crippen molar-refractivity contribution in [1.29, 1.82) is 0 Å². The number of hydrogen-bond acceptors (Lipinski definition) is 8. The lowest BCUT2D eigenvalue weighted by Crippen LogP contribution is -2.10. The van der Waals surface area contributed by atoms with E-state index in [-0.39, 0.29) is 12.6 Å². The van der Waals surface area contributed by atoms with Gasteiger partial charge >= 0.3 is 5.97 Å². The molecular weight excluding hydrogens is 470 g/mol. The van der Waals surface area contributed by atoms with Crippen molar-refractivity contribution in [3.63, 3.8) is 0 Å². The van der Waals surface area contributed by atoms with Gasteiger partial charge in [0.25, 0.3) is 5.95 Å². The molecule has 0 bridgehead atoms. The van der Waals surface area contributed by atoms with E-state index in [1.54, 1.807) is 13.3 Å². The Labute approximate surface area is 214 Å². The summed E-state index contributed by atoms with van der Waals surface area (Å²) in [5.74, 6) is 0.156. The van der Waals surface area contributed by atoms with Gasteiger partial charge in [-0.15, -0.1) is 0 Å². The molecule has 2 aromatic carbocycles. The Balaban J connectivity index is 1.53. The average Bonchev–Trinajstić information content (AvgIpc) is 3.56. The van der Waals surface area contributed by atoms with Crippen LogP contribution < -0.4 is 9.64 Å². The third-order valence-electron chi connectivity index (χ3n) is 5.73. The second-order valence-corrected chi connectivity index (χ2v) is 8.61. The Morgan fingerprint density at radius 2 is 1.84 bits per heavy atom. The largest absolute Gasteiger partial charge is 0.471 e. The lowest BCUT2D eigenvalue weighted by atomic mass is 10.2. The maximum Gasteiger partial charge on any atom is 0.341 e. The quantitative estimate of drug-likeness (QED) is 0.283. The van der Waals surface area contributed by atoms with Gasteiger partial charge in [0.1, 0.15) is 6.61 Å². The molecule has 0 spiro atoms. The number of carbonyl (C=O) groups excluding carboxylic acids is 1. The summed E-state index contributed by atoms with van der Waals surface area (Å²) in [7, 11) is 4.03. The van der Waals surface area contributed by atoms with Crippen LogP contribution in [0.3, 0.4) is 0 Å². The molecule has 0 saturated heterocycles. The first-order chi connectivity index (χ1) is 18.0. The predicted molar refractivity (Wildman–Crippen MR) is 139 cm³/mol. The van der Waals surface area contributed by atoms with E-state index in [2.05, 4.69) is 43.1 Å². The first kappa shape index (κ1) is 24.0. The van der Waals surface area contributed by atoms with Crippen LogP contribution >= 0.6 is 0 Å². The minimum atomic E-state index is -0.459. The standard InChI is InChI=1S/C27H27N7O3/c1-4-36-26(35)21-14-29-34(16-21)27-30-24-23(25(31-27)37-17-19-9-6-5-7-10-19)33(18-28-24)15-20-11-8-12-22(13-20)32(2)3/h5-14,16,18H,4,15,17H2,1-3H3. The molecule has 3 heterocycles. The molecule has 0 atom stereocenters. The van der Waals surface area contributed by atoms with Gasteiger partial charge in [0.15, 0.2) is 11.2 Å². The van der Waals surface area contributed by atoms with Crippen molar-refractivity contribution in [2.45, 2.75) is 20.1 Å². The Hall–Kier alpha value is -4.73. The van der Waals surface area contributed by atoms with E-state index in [4.69, 9.17) is 9.47 Å². The van der Waals surface area contributed by atoms with Gasteiger partial charge in [0.2, 0.25) is 5.88 Å². The summed E-state index contributed by atoms with van der Waals surface area (Å²) in [6, 6.07) is 18.2. The highest BCUT2D eigenvalue weighted by Crippen LogP contribution is 2.26. The fraction of sp³-hybridized carbons (Fsp3) is 0.222. The number of aromatic nitrogens is 6. The molecule has 0 aliphatic rings. The van der Waals surface area contributed by atoms with E-state index in [1.807, 2.05) is 55.1 Å². The Kier molecular flexibility index (Phi) is 6.80. The molecule has 0 N–H and O–H groups in total. The van der Waals surface area contributed by atoms with Crippen LogP contribution in [0.5, 0.6) is 5.88 Å². The van der Waals surface area contributed by atoms with E-state index in [0.717, 1.165) is 16.8 Å². The van der Waals surface area contributed by atoms with Crippen molar-refractivity contribution in [3.05, 3.63) is 90.0 Å². The molecule has 0 aliphatic heterocycles.